The zero-order valence-electron chi connectivity index (χ0n) is 17.6. The number of carbonyl (C=O) groups excluding carboxylic acids is 1. The van der Waals surface area contributed by atoms with Crippen molar-refractivity contribution in [2.24, 2.45) is 17.6 Å². The number of aromatic nitrogens is 2. The van der Waals surface area contributed by atoms with E-state index in [2.05, 4.69) is 15.3 Å². The Hall–Kier alpha value is -2.63. The van der Waals surface area contributed by atoms with E-state index in [-0.39, 0.29) is 17.9 Å². The van der Waals surface area contributed by atoms with E-state index >= 15 is 0 Å². The standard InChI is InChI=1S/C25H29ClN4O/c26-21-9-5-4-8-20(21)14-22(30-25(31)19-12-10-17(15-27)11-13-19)24-28-16-23(29-24)18-6-2-1-3-7-18/h1-9,16-17,19,22H,10-15,27H2,(H,28,29)(H,30,31)/t17?,19?,22-/m0/s1. The van der Waals surface area contributed by atoms with Gasteiger partial charge < -0.3 is 16.0 Å². The number of nitrogens with zero attached hydrogens (tertiary/aromatic N) is 1. The topological polar surface area (TPSA) is 83.8 Å². The molecule has 31 heavy (non-hydrogen) atoms. The summed E-state index contributed by atoms with van der Waals surface area (Å²) in [7, 11) is 0. The van der Waals surface area contributed by atoms with E-state index in [9.17, 15) is 4.79 Å². The molecule has 3 aromatic rings. The minimum Gasteiger partial charge on any atom is -0.346 e. The third-order valence-electron chi connectivity index (χ3n) is 6.26. The summed E-state index contributed by atoms with van der Waals surface area (Å²) < 4.78 is 0. The maximum absolute atomic E-state index is 13.1. The monoisotopic (exact) mass is 436 g/mol. The van der Waals surface area contributed by atoms with Crippen LogP contribution in [0, 0.1) is 11.8 Å². The average Bonchev–Trinajstić information content (AvgIpc) is 3.31. The van der Waals surface area contributed by atoms with E-state index < -0.39 is 0 Å². The van der Waals surface area contributed by atoms with Crippen molar-refractivity contribution in [1.82, 2.24) is 15.3 Å². The number of halogens is 1. The molecule has 1 aliphatic rings. The molecule has 0 bridgehead atoms. The van der Waals surface area contributed by atoms with Crippen LogP contribution >= 0.6 is 11.6 Å². The van der Waals surface area contributed by atoms with Crippen LogP contribution in [-0.2, 0) is 11.2 Å². The van der Waals surface area contributed by atoms with Crippen molar-refractivity contribution >= 4 is 17.5 Å². The molecule has 1 atom stereocenters. The first-order valence-corrected chi connectivity index (χ1v) is 11.4. The van der Waals surface area contributed by atoms with Crippen LogP contribution in [0.25, 0.3) is 11.3 Å². The second kappa shape index (κ2) is 10.1. The van der Waals surface area contributed by atoms with E-state index in [1.54, 1.807) is 0 Å². The highest BCUT2D eigenvalue weighted by atomic mass is 35.5. The van der Waals surface area contributed by atoms with Gasteiger partial charge in [0, 0.05) is 17.4 Å². The Morgan fingerprint density at radius 2 is 1.81 bits per heavy atom. The Kier molecular flexibility index (Phi) is 7.05. The van der Waals surface area contributed by atoms with Gasteiger partial charge in [0.25, 0.3) is 0 Å². The minimum atomic E-state index is -0.280. The maximum atomic E-state index is 13.1. The lowest BCUT2D eigenvalue weighted by molar-refractivity contribution is -0.127. The molecule has 4 rings (SSSR count). The summed E-state index contributed by atoms with van der Waals surface area (Å²) in [5.74, 6) is 1.40. The number of rotatable bonds is 7. The van der Waals surface area contributed by atoms with Gasteiger partial charge in [0.2, 0.25) is 5.91 Å². The summed E-state index contributed by atoms with van der Waals surface area (Å²) in [5, 5.41) is 3.95. The Labute approximate surface area is 188 Å². The van der Waals surface area contributed by atoms with Crippen molar-refractivity contribution in [2.45, 2.75) is 38.1 Å². The number of hydrogen-bond acceptors (Lipinski definition) is 3. The van der Waals surface area contributed by atoms with Gasteiger partial charge in [-0.15, -0.1) is 0 Å². The highest BCUT2D eigenvalue weighted by molar-refractivity contribution is 6.31. The lowest BCUT2D eigenvalue weighted by atomic mass is 9.81. The number of amides is 1. The molecule has 6 heteroatoms. The van der Waals surface area contributed by atoms with Gasteiger partial charge in [-0.25, -0.2) is 4.98 Å². The molecule has 0 saturated heterocycles. The van der Waals surface area contributed by atoms with Crippen LogP contribution < -0.4 is 11.1 Å². The number of imidazole rings is 1. The number of hydrogen-bond donors (Lipinski definition) is 3. The SMILES string of the molecule is NCC1CCC(C(=O)N[C@@H](Cc2ccccc2Cl)c2ncc(-c3ccccc3)[nH]2)CC1. The van der Waals surface area contributed by atoms with Crippen LogP contribution in [0.5, 0.6) is 0 Å². The van der Waals surface area contributed by atoms with Crippen LogP contribution in [0.3, 0.4) is 0 Å². The summed E-state index contributed by atoms with van der Waals surface area (Å²) in [4.78, 5) is 21.1. The molecule has 2 aromatic carbocycles. The number of nitrogens with two attached hydrogens (primary N) is 1. The van der Waals surface area contributed by atoms with Gasteiger partial charge in [-0.2, -0.15) is 0 Å². The van der Waals surface area contributed by atoms with Gasteiger partial charge in [0.05, 0.1) is 17.9 Å². The molecule has 1 aromatic heterocycles. The molecule has 5 nitrogen and oxygen atoms in total. The van der Waals surface area contributed by atoms with Crippen molar-refractivity contribution < 1.29 is 4.79 Å². The maximum Gasteiger partial charge on any atom is 0.223 e. The van der Waals surface area contributed by atoms with Crippen LogP contribution in [0.2, 0.25) is 5.02 Å². The Balaban J connectivity index is 1.54. The van der Waals surface area contributed by atoms with Gasteiger partial charge in [0.1, 0.15) is 5.82 Å². The molecule has 0 unspecified atom stereocenters. The van der Waals surface area contributed by atoms with Gasteiger partial charge in [-0.1, -0.05) is 60.1 Å². The number of carbonyl (C=O) groups is 1. The van der Waals surface area contributed by atoms with Gasteiger partial charge in [0.15, 0.2) is 0 Å². The number of H-pyrrole nitrogens is 1. The molecule has 0 radical (unpaired) electrons. The highest BCUT2D eigenvalue weighted by Crippen LogP contribution is 2.30. The van der Waals surface area contributed by atoms with Crippen LogP contribution in [0.1, 0.15) is 43.1 Å². The summed E-state index contributed by atoms with van der Waals surface area (Å²) in [6.07, 6.45) is 6.21. The zero-order valence-corrected chi connectivity index (χ0v) is 18.3. The van der Waals surface area contributed by atoms with Crippen LogP contribution in [0.4, 0.5) is 0 Å². The lowest BCUT2D eigenvalue weighted by Gasteiger charge is -2.28. The van der Waals surface area contributed by atoms with Gasteiger partial charge in [-0.3, -0.25) is 4.79 Å². The number of aromatic amines is 1. The van der Waals surface area contributed by atoms with E-state index in [0.29, 0.717) is 23.9 Å². The van der Waals surface area contributed by atoms with Crippen molar-refractivity contribution in [3.63, 3.8) is 0 Å². The van der Waals surface area contributed by atoms with E-state index in [0.717, 1.165) is 48.3 Å². The van der Waals surface area contributed by atoms with Gasteiger partial charge >= 0.3 is 0 Å². The number of nitrogens with one attached hydrogen (secondary N) is 2. The van der Waals surface area contributed by atoms with E-state index in [4.69, 9.17) is 17.3 Å². The second-order valence-corrected chi connectivity index (χ2v) is 8.77. The van der Waals surface area contributed by atoms with Crippen molar-refractivity contribution in [2.75, 3.05) is 6.54 Å². The smallest absolute Gasteiger partial charge is 0.223 e. The normalized spacial score (nSPS) is 19.7. The quantitative estimate of drug-likeness (QED) is 0.492. The summed E-state index contributed by atoms with van der Waals surface area (Å²) >= 11 is 6.42. The molecule has 4 N–H and O–H groups in total. The van der Waals surface area contributed by atoms with Crippen molar-refractivity contribution in [3.8, 4) is 11.3 Å². The first-order valence-electron chi connectivity index (χ1n) is 11.0. The molecule has 1 heterocycles. The van der Waals surface area contributed by atoms with E-state index in [1.165, 1.54) is 0 Å². The van der Waals surface area contributed by atoms with Gasteiger partial charge in [-0.05, 0) is 55.3 Å². The Bertz CT molecular complexity index is 996. The second-order valence-electron chi connectivity index (χ2n) is 8.36. The third-order valence-corrected chi connectivity index (χ3v) is 6.63. The fraction of sp³-hybridized carbons (Fsp3) is 0.360. The molecule has 1 amide bonds. The fourth-order valence-corrected chi connectivity index (χ4v) is 4.54. The largest absolute Gasteiger partial charge is 0.346 e. The van der Waals surface area contributed by atoms with Crippen molar-refractivity contribution in [3.05, 3.63) is 77.2 Å². The van der Waals surface area contributed by atoms with E-state index in [1.807, 2.05) is 60.8 Å². The molecule has 162 valence electrons. The predicted octanol–water partition coefficient (Wildman–Crippen LogP) is 4.90. The minimum absolute atomic E-state index is 0.0279. The summed E-state index contributed by atoms with van der Waals surface area (Å²) in [5.41, 5.74) is 8.78. The van der Waals surface area contributed by atoms with Crippen LogP contribution in [0.15, 0.2) is 60.8 Å². The first-order chi connectivity index (χ1) is 15.1. The predicted molar refractivity (Wildman–Crippen MR) is 125 cm³/mol. The number of benzene rings is 2. The summed E-state index contributed by atoms with van der Waals surface area (Å²) in [6.45, 7) is 0.706. The molecule has 1 fully saturated rings. The Morgan fingerprint density at radius 1 is 1.10 bits per heavy atom. The van der Waals surface area contributed by atoms with Crippen molar-refractivity contribution in [1.29, 1.82) is 0 Å². The summed E-state index contributed by atoms with van der Waals surface area (Å²) in [6, 6.07) is 17.5. The molecule has 0 aliphatic heterocycles. The highest BCUT2D eigenvalue weighted by Gasteiger charge is 2.28. The molecular weight excluding hydrogens is 408 g/mol. The Morgan fingerprint density at radius 3 is 2.52 bits per heavy atom. The molecule has 0 spiro atoms. The van der Waals surface area contributed by atoms with Crippen LogP contribution in [-0.4, -0.2) is 22.4 Å². The molecule has 1 aliphatic carbocycles. The molecular formula is C25H29ClN4O. The zero-order chi connectivity index (χ0) is 21.6. The lowest BCUT2D eigenvalue weighted by Crippen LogP contribution is -2.37. The average molecular weight is 437 g/mol. The molecule has 1 saturated carbocycles. The third kappa shape index (κ3) is 5.35. The first kappa shape index (κ1) is 21.6. The fourth-order valence-electron chi connectivity index (χ4n) is 4.33.